The summed E-state index contributed by atoms with van der Waals surface area (Å²) in [6, 6.07) is 5.59. The topological polar surface area (TPSA) is 3.24 Å². The maximum atomic E-state index is 12.5. The molecule has 1 aliphatic heterocycles. The van der Waals surface area contributed by atoms with E-state index in [4.69, 9.17) is 0 Å². The van der Waals surface area contributed by atoms with E-state index in [-0.39, 0.29) is 0 Å². The minimum absolute atomic E-state index is 0.560. The van der Waals surface area contributed by atoms with Crippen LogP contribution in [0.5, 0.6) is 0 Å². The largest absolute Gasteiger partial charge is 0.416 e. The van der Waals surface area contributed by atoms with E-state index in [1.807, 2.05) is 18.7 Å². The van der Waals surface area contributed by atoms with Crippen molar-refractivity contribution >= 4 is 5.69 Å². The van der Waals surface area contributed by atoms with E-state index in [0.29, 0.717) is 5.69 Å². The van der Waals surface area contributed by atoms with Crippen LogP contribution in [0, 0.1) is 0 Å². The molecular weight excluding hydrogens is 239 g/mol. The van der Waals surface area contributed by atoms with Gasteiger partial charge in [0.15, 0.2) is 0 Å². The van der Waals surface area contributed by atoms with Gasteiger partial charge in [-0.3, -0.25) is 0 Å². The zero-order valence-corrected chi connectivity index (χ0v) is 10.9. The second-order valence-electron chi connectivity index (χ2n) is 4.10. The highest BCUT2D eigenvalue weighted by Gasteiger charge is 2.30. The minimum atomic E-state index is -4.24. The highest BCUT2D eigenvalue weighted by atomic mass is 19.4. The molecule has 1 heterocycles. The third-order valence-electron chi connectivity index (χ3n) is 2.89. The van der Waals surface area contributed by atoms with Crippen LogP contribution in [0.1, 0.15) is 38.7 Å². The second kappa shape index (κ2) is 6.66. The number of benzene rings is 1. The Hall–Kier alpha value is -1.19. The Balaban J connectivity index is 0.000000771. The summed E-state index contributed by atoms with van der Waals surface area (Å²) in [7, 11) is 0. The fraction of sp³-hybridized carbons (Fsp3) is 0.571. The van der Waals surface area contributed by atoms with Gasteiger partial charge >= 0.3 is 6.18 Å². The molecule has 4 heteroatoms. The van der Waals surface area contributed by atoms with E-state index < -0.39 is 11.7 Å². The van der Waals surface area contributed by atoms with Gasteiger partial charge in [0.1, 0.15) is 0 Å². The van der Waals surface area contributed by atoms with E-state index in [1.54, 1.807) is 6.07 Å². The molecule has 0 radical (unpaired) electrons. The molecule has 18 heavy (non-hydrogen) atoms. The second-order valence-corrected chi connectivity index (χ2v) is 4.10. The van der Waals surface area contributed by atoms with Crippen molar-refractivity contribution in [3.05, 3.63) is 29.8 Å². The summed E-state index contributed by atoms with van der Waals surface area (Å²) in [5.41, 5.74) is 0.130. The predicted octanol–water partition coefficient (Wildman–Crippen LogP) is 4.72. The summed E-state index contributed by atoms with van der Waals surface area (Å²) in [4.78, 5) is 2.03. The average molecular weight is 259 g/mol. The van der Waals surface area contributed by atoms with Gasteiger partial charge in [0.2, 0.25) is 0 Å². The number of hydrogen-bond donors (Lipinski definition) is 0. The maximum Gasteiger partial charge on any atom is 0.416 e. The van der Waals surface area contributed by atoms with E-state index in [0.717, 1.165) is 32.0 Å². The Morgan fingerprint density at radius 1 is 1.00 bits per heavy atom. The van der Waals surface area contributed by atoms with Crippen molar-refractivity contribution in [2.45, 2.75) is 39.3 Å². The molecule has 102 valence electrons. The molecule has 0 bridgehead atoms. The van der Waals surface area contributed by atoms with E-state index in [9.17, 15) is 13.2 Å². The summed E-state index contributed by atoms with van der Waals surface area (Å²) in [6.45, 7) is 5.72. The fourth-order valence-corrected chi connectivity index (χ4v) is 2.03. The molecule has 0 N–H and O–H groups in total. The molecule has 0 aliphatic carbocycles. The molecule has 1 nitrogen and oxygen atoms in total. The molecule has 0 unspecified atom stereocenters. The standard InChI is InChI=1S/C12H14F3N.C2H6/c13-12(14,15)10-5-4-6-11(9-10)16-7-2-1-3-8-16;1-2/h4-6,9H,1-3,7-8H2;1-2H3. The van der Waals surface area contributed by atoms with E-state index in [2.05, 4.69) is 0 Å². The van der Waals surface area contributed by atoms with Gasteiger partial charge in [0, 0.05) is 18.8 Å². The lowest BCUT2D eigenvalue weighted by atomic mass is 10.1. The first kappa shape index (κ1) is 14.9. The lowest BCUT2D eigenvalue weighted by Gasteiger charge is -2.29. The molecule has 0 atom stereocenters. The number of piperidine rings is 1. The smallest absolute Gasteiger partial charge is 0.372 e. The lowest BCUT2D eigenvalue weighted by Crippen LogP contribution is -2.29. The Morgan fingerprint density at radius 3 is 2.17 bits per heavy atom. The van der Waals surface area contributed by atoms with Crippen LogP contribution in [0.2, 0.25) is 0 Å². The molecular formula is C14H20F3N. The Kier molecular flexibility index (Phi) is 5.51. The summed E-state index contributed by atoms with van der Waals surface area (Å²) in [5, 5.41) is 0. The van der Waals surface area contributed by atoms with Gasteiger partial charge in [-0.2, -0.15) is 13.2 Å². The van der Waals surface area contributed by atoms with Crippen LogP contribution in [0.25, 0.3) is 0 Å². The monoisotopic (exact) mass is 259 g/mol. The highest BCUT2D eigenvalue weighted by molar-refractivity contribution is 5.49. The SMILES string of the molecule is CC.FC(F)(F)c1cccc(N2CCCCC2)c1. The summed E-state index contributed by atoms with van der Waals surface area (Å²) >= 11 is 0. The van der Waals surface area contributed by atoms with Crippen LogP contribution in [0.15, 0.2) is 24.3 Å². The van der Waals surface area contributed by atoms with Crippen molar-refractivity contribution < 1.29 is 13.2 Å². The quantitative estimate of drug-likeness (QED) is 0.705. The third-order valence-corrected chi connectivity index (χ3v) is 2.89. The van der Waals surface area contributed by atoms with Crippen molar-refractivity contribution in [3.63, 3.8) is 0 Å². The molecule has 2 rings (SSSR count). The number of hydrogen-bond acceptors (Lipinski definition) is 1. The highest BCUT2D eigenvalue weighted by Crippen LogP contribution is 2.32. The number of rotatable bonds is 1. The molecule has 0 amide bonds. The Morgan fingerprint density at radius 2 is 1.61 bits per heavy atom. The van der Waals surface area contributed by atoms with Crippen molar-refractivity contribution in [1.82, 2.24) is 0 Å². The maximum absolute atomic E-state index is 12.5. The van der Waals surface area contributed by atoms with Crippen molar-refractivity contribution in [2.24, 2.45) is 0 Å². The molecule has 0 spiro atoms. The van der Waals surface area contributed by atoms with Gasteiger partial charge in [-0.15, -0.1) is 0 Å². The summed E-state index contributed by atoms with van der Waals surface area (Å²) < 4.78 is 37.5. The minimum Gasteiger partial charge on any atom is -0.372 e. The van der Waals surface area contributed by atoms with Crippen LogP contribution < -0.4 is 4.90 Å². The van der Waals surface area contributed by atoms with E-state index in [1.165, 1.54) is 18.6 Å². The molecule has 0 aromatic heterocycles. The fourth-order valence-electron chi connectivity index (χ4n) is 2.03. The first-order chi connectivity index (χ1) is 8.57. The van der Waals surface area contributed by atoms with Crippen LogP contribution in [0.3, 0.4) is 0 Å². The Bertz CT molecular complexity index is 354. The number of nitrogens with zero attached hydrogens (tertiary/aromatic N) is 1. The van der Waals surface area contributed by atoms with Crippen molar-refractivity contribution in [2.75, 3.05) is 18.0 Å². The summed E-state index contributed by atoms with van der Waals surface area (Å²) in [6.07, 6.45) is -0.937. The molecule has 1 aromatic rings. The van der Waals surface area contributed by atoms with Gasteiger partial charge in [-0.05, 0) is 37.5 Å². The molecule has 1 aliphatic rings. The van der Waals surface area contributed by atoms with Gasteiger partial charge in [0.25, 0.3) is 0 Å². The normalized spacial score (nSPS) is 15.9. The number of halogens is 3. The van der Waals surface area contributed by atoms with Gasteiger partial charge < -0.3 is 4.90 Å². The zero-order chi connectivity index (χ0) is 13.6. The first-order valence-corrected chi connectivity index (χ1v) is 6.49. The van der Waals surface area contributed by atoms with Gasteiger partial charge in [-0.25, -0.2) is 0 Å². The van der Waals surface area contributed by atoms with Crippen molar-refractivity contribution in [1.29, 1.82) is 0 Å². The van der Waals surface area contributed by atoms with Crippen LogP contribution >= 0.6 is 0 Å². The van der Waals surface area contributed by atoms with Crippen LogP contribution in [0.4, 0.5) is 18.9 Å². The van der Waals surface area contributed by atoms with Gasteiger partial charge in [-0.1, -0.05) is 19.9 Å². The van der Waals surface area contributed by atoms with E-state index >= 15 is 0 Å². The molecule has 1 fully saturated rings. The molecule has 0 saturated carbocycles. The van der Waals surface area contributed by atoms with Crippen LogP contribution in [-0.4, -0.2) is 13.1 Å². The number of alkyl halides is 3. The zero-order valence-electron chi connectivity index (χ0n) is 10.9. The molecule has 1 saturated heterocycles. The Labute approximate surface area is 107 Å². The first-order valence-electron chi connectivity index (χ1n) is 6.49. The third kappa shape index (κ3) is 3.93. The number of anilines is 1. The predicted molar refractivity (Wildman–Crippen MR) is 68.9 cm³/mol. The van der Waals surface area contributed by atoms with Crippen LogP contribution in [-0.2, 0) is 6.18 Å². The summed E-state index contributed by atoms with van der Waals surface area (Å²) in [5.74, 6) is 0. The lowest BCUT2D eigenvalue weighted by molar-refractivity contribution is -0.137. The molecule has 1 aromatic carbocycles. The van der Waals surface area contributed by atoms with Crippen molar-refractivity contribution in [3.8, 4) is 0 Å². The van der Waals surface area contributed by atoms with Gasteiger partial charge in [0.05, 0.1) is 5.56 Å². The average Bonchev–Trinajstić information content (AvgIpc) is 2.41.